The van der Waals surface area contributed by atoms with Crippen LogP contribution in [-0.4, -0.2) is 23.0 Å². The van der Waals surface area contributed by atoms with Gasteiger partial charge in [0, 0.05) is 24.7 Å². The fraction of sp³-hybridized carbons (Fsp3) is 0.571. The van der Waals surface area contributed by atoms with Gasteiger partial charge in [-0.15, -0.1) is 0 Å². The summed E-state index contributed by atoms with van der Waals surface area (Å²) in [5, 5.41) is 0. The quantitative estimate of drug-likeness (QED) is 0.826. The summed E-state index contributed by atoms with van der Waals surface area (Å²) in [5.41, 5.74) is 7.53. The van der Waals surface area contributed by atoms with Crippen LogP contribution in [-0.2, 0) is 6.54 Å². The maximum atomic E-state index is 6.14. The molecule has 1 saturated heterocycles. The molecular formula is C14H22N2. The minimum atomic E-state index is 0.333. The van der Waals surface area contributed by atoms with Crippen molar-refractivity contribution >= 4 is 0 Å². The summed E-state index contributed by atoms with van der Waals surface area (Å²) < 4.78 is 0. The van der Waals surface area contributed by atoms with Gasteiger partial charge in [0.1, 0.15) is 0 Å². The highest BCUT2D eigenvalue weighted by Gasteiger charge is 2.29. The summed E-state index contributed by atoms with van der Waals surface area (Å²) in [4.78, 5) is 2.53. The number of rotatable bonds is 2. The molecule has 0 aliphatic carbocycles. The average Bonchev–Trinajstić information content (AvgIpc) is 2.31. The van der Waals surface area contributed by atoms with E-state index in [1.807, 2.05) is 0 Å². The predicted octanol–water partition coefficient (Wildman–Crippen LogP) is 2.39. The van der Waals surface area contributed by atoms with Gasteiger partial charge in [0.25, 0.3) is 0 Å². The lowest BCUT2D eigenvalue weighted by molar-refractivity contribution is 0.0795. The number of likely N-dealkylation sites (tertiary alicyclic amines) is 1. The Morgan fingerprint density at radius 1 is 1.19 bits per heavy atom. The second-order valence-corrected chi connectivity index (χ2v) is 4.99. The van der Waals surface area contributed by atoms with Crippen molar-refractivity contribution in [2.75, 3.05) is 0 Å². The number of piperidine rings is 1. The monoisotopic (exact) mass is 218 g/mol. The van der Waals surface area contributed by atoms with E-state index in [4.69, 9.17) is 5.73 Å². The molecule has 0 bridgehead atoms. The lowest BCUT2D eigenvalue weighted by Crippen LogP contribution is -2.53. The first-order valence-electron chi connectivity index (χ1n) is 6.23. The molecule has 2 rings (SSSR count). The molecule has 2 heteroatoms. The van der Waals surface area contributed by atoms with Gasteiger partial charge in [-0.05, 0) is 32.3 Å². The van der Waals surface area contributed by atoms with Crippen LogP contribution < -0.4 is 5.73 Å². The summed E-state index contributed by atoms with van der Waals surface area (Å²) in [6, 6.07) is 12.1. The molecular weight excluding hydrogens is 196 g/mol. The first-order chi connectivity index (χ1) is 7.68. The zero-order chi connectivity index (χ0) is 11.5. The Morgan fingerprint density at radius 2 is 1.88 bits per heavy atom. The molecule has 88 valence electrons. The van der Waals surface area contributed by atoms with Crippen LogP contribution in [0.3, 0.4) is 0 Å². The Morgan fingerprint density at radius 3 is 2.56 bits per heavy atom. The van der Waals surface area contributed by atoms with E-state index in [1.54, 1.807) is 0 Å². The normalized spacial score (nSPS) is 31.6. The molecule has 2 nitrogen and oxygen atoms in total. The van der Waals surface area contributed by atoms with Gasteiger partial charge in [0.05, 0.1) is 0 Å². The van der Waals surface area contributed by atoms with Gasteiger partial charge in [-0.1, -0.05) is 30.3 Å². The number of hydrogen-bond acceptors (Lipinski definition) is 2. The van der Waals surface area contributed by atoms with Crippen LogP contribution in [0.25, 0.3) is 0 Å². The van der Waals surface area contributed by atoms with Crippen molar-refractivity contribution in [3.05, 3.63) is 35.9 Å². The van der Waals surface area contributed by atoms with Gasteiger partial charge in [-0.3, -0.25) is 4.90 Å². The molecule has 0 spiro atoms. The first kappa shape index (κ1) is 11.6. The molecule has 16 heavy (non-hydrogen) atoms. The fourth-order valence-corrected chi connectivity index (χ4v) is 2.58. The van der Waals surface area contributed by atoms with Crippen molar-refractivity contribution in [1.29, 1.82) is 0 Å². The molecule has 1 aromatic rings. The highest BCUT2D eigenvalue weighted by Crippen LogP contribution is 2.23. The molecule has 1 aliphatic rings. The Kier molecular flexibility index (Phi) is 3.62. The van der Waals surface area contributed by atoms with Crippen LogP contribution in [0.4, 0.5) is 0 Å². The van der Waals surface area contributed by atoms with Crippen LogP contribution in [0, 0.1) is 0 Å². The predicted molar refractivity (Wildman–Crippen MR) is 68.1 cm³/mol. The molecule has 3 atom stereocenters. The van der Waals surface area contributed by atoms with E-state index in [9.17, 15) is 0 Å². The molecule has 1 fully saturated rings. The zero-order valence-corrected chi connectivity index (χ0v) is 10.3. The number of nitrogens with zero attached hydrogens (tertiary/aromatic N) is 1. The number of nitrogens with two attached hydrogens (primary N) is 1. The molecule has 1 aromatic carbocycles. The van der Waals surface area contributed by atoms with Gasteiger partial charge < -0.3 is 5.73 Å². The lowest BCUT2D eigenvalue weighted by Gasteiger charge is -2.42. The smallest absolute Gasteiger partial charge is 0.0240 e. The summed E-state index contributed by atoms with van der Waals surface area (Å²) in [6.07, 6.45) is 2.38. The summed E-state index contributed by atoms with van der Waals surface area (Å²) in [7, 11) is 0. The topological polar surface area (TPSA) is 29.3 Å². The van der Waals surface area contributed by atoms with Crippen molar-refractivity contribution < 1.29 is 0 Å². The lowest BCUT2D eigenvalue weighted by atomic mass is 9.92. The molecule has 1 aliphatic heterocycles. The second-order valence-electron chi connectivity index (χ2n) is 4.99. The minimum Gasteiger partial charge on any atom is -0.326 e. The maximum absolute atomic E-state index is 6.14. The van der Waals surface area contributed by atoms with Crippen LogP contribution in [0.1, 0.15) is 32.3 Å². The third-order valence-electron chi connectivity index (χ3n) is 3.83. The minimum absolute atomic E-state index is 0.333. The third-order valence-corrected chi connectivity index (χ3v) is 3.83. The molecule has 0 unspecified atom stereocenters. The Hall–Kier alpha value is -0.860. The fourth-order valence-electron chi connectivity index (χ4n) is 2.58. The van der Waals surface area contributed by atoms with Gasteiger partial charge in [-0.25, -0.2) is 0 Å². The van der Waals surface area contributed by atoms with Crippen molar-refractivity contribution in [3.8, 4) is 0 Å². The first-order valence-corrected chi connectivity index (χ1v) is 6.23. The molecule has 0 aromatic heterocycles. The van der Waals surface area contributed by atoms with Gasteiger partial charge in [0.2, 0.25) is 0 Å². The number of benzene rings is 1. The van der Waals surface area contributed by atoms with Crippen LogP contribution in [0.5, 0.6) is 0 Å². The Labute approximate surface area is 98.4 Å². The van der Waals surface area contributed by atoms with E-state index >= 15 is 0 Å². The second kappa shape index (κ2) is 4.98. The molecule has 0 saturated carbocycles. The molecule has 0 amide bonds. The van der Waals surface area contributed by atoms with Crippen LogP contribution in [0.15, 0.2) is 30.3 Å². The molecule has 1 heterocycles. The van der Waals surface area contributed by atoms with Crippen molar-refractivity contribution in [3.63, 3.8) is 0 Å². The van der Waals surface area contributed by atoms with E-state index < -0.39 is 0 Å². The SMILES string of the molecule is C[C@@H]1CC[C@H](N)[C@H](C)N1Cc1ccccc1. The number of hydrogen-bond donors (Lipinski definition) is 1. The Bertz CT molecular complexity index is 323. The largest absolute Gasteiger partial charge is 0.326 e. The highest BCUT2D eigenvalue weighted by molar-refractivity contribution is 5.15. The summed E-state index contributed by atoms with van der Waals surface area (Å²) in [6.45, 7) is 5.59. The van der Waals surface area contributed by atoms with Crippen molar-refractivity contribution in [2.24, 2.45) is 5.73 Å². The average molecular weight is 218 g/mol. The highest BCUT2D eigenvalue weighted by atomic mass is 15.2. The van der Waals surface area contributed by atoms with E-state index in [-0.39, 0.29) is 0 Å². The van der Waals surface area contributed by atoms with Crippen LogP contribution in [0.2, 0.25) is 0 Å². The summed E-state index contributed by atoms with van der Waals surface area (Å²) in [5.74, 6) is 0. The molecule has 0 radical (unpaired) electrons. The summed E-state index contributed by atoms with van der Waals surface area (Å²) >= 11 is 0. The zero-order valence-electron chi connectivity index (χ0n) is 10.3. The van der Waals surface area contributed by atoms with Crippen molar-refractivity contribution in [1.82, 2.24) is 4.90 Å². The van der Waals surface area contributed by atoms with E-state index in [1.165, 1.54) is 12.0 Å². The van der Waals surface area contributed by atoms with Gasteiger partial charge in [0.15, 0.2) is 0 Å². The maximum Gasteiger partial charge on any atom is 0.0240 e. The van der Waals surface area contributed by atoms with Crippen molar-refractivity contribution in [2.45, 2.75) is 51.4 Å². The standard InChI is InChI=1S/C14H22N2/c1-11-8-9-14(15)12(2)16(11)10-13-6-4-3-5-7-13/h3-7,11-12,14H,8-10,15H2,1-2H3/t11-,12+,14+/m1/s1. The molecule has 2 N–H and O–H groups in total. The van der Waals surface area contributed by atoms with E-state index in [0.717, 1.165) is 13.0 Å². The van der Waals surface area contributed by atoms with Gasteiger partial charge in [-0.2, -0.15) is 0 Å². The van der Waals surface area contributed by atoms with Crippen LogP contribution >= 0.6 is 0 Å². The van der Waals surface area contributed by atoms with E-state index in [0.29, 0.717) is 18.1 Å². The van der Waals surface area contributed by atoms with E-state index in [2.05, 4.69) is 49.1 Å². The van der Waals surface area contributed by atoms with Gasteiger partial charge >= 0.3 is 0 Å². The third kappa shape index (κ3) is 2.45. The Balaban J connectivity index is 2.07.